The van der Waals surface area contributed by atoms with Crippen LogP contribution in [0.25, 0.3) is 0 Å². The molecule has 122 valence electrons. The molecule has 8 nitrogen and oxygen atoms in total. The number of nitrogens with zero attached hydrogens (tertiary/aromatic N) is 5. The van der Waals surface area contributed by atoms with Gasteiger partial charge in [0.05, 0.1) is 20.3 Å². The number of hydrogen-bond donors (Lipinski definition) is 1. The zero-order valence-corrected chi connectivity index (χ0v) is 13.5. The lowest BCUT2D eigenvalue weighted by molar-refractivity contribution is 0.339. The Balaban J connectivity index is 1.95. The monoisotopic (exact) mass is 316 g/mol. The molecule has 2 aromatic heterocycles. The molecular weight excluding hydrogens is 296 g/mol. The molecule has 0 saturated carbocycles. The van der Waals surface area contributed by atoms with E-state index in [4.69, 9.17) is 9.47 Å². The van der Waals surface area contributed by atoms with Crippen LogP contribution in [-0.4, -0.2) is 47.7 Å². The molecule has 0 unspecified atom stereocenters. The molecule has 1 fully saturated rings. The van der Waals surface area contributed by atoms with Gasteiger partial charge in [0.15, 0.2) is 0 Å². The molecule has 0 bridgehead atoms. The second kappa shape index (κ2) is 6.64. The Morgan fingerprint density at radius 1 is 1.17 bits per heavy atom. The second-order valence-corrected chi connectivity index (χ2v) is 5.18. The van der Waals surface area contributed by atoms with Crippen LogP contribution >= 0.6 is 0 Å². The minimum atomic E-state index is 0.196. The van der Waals surface area contributed by atoms with Crippen LogP contribution in [0.2, 0.25) is 0 Å². The fraction of sp³-hybridized carbons (Fsp3) is 0.467. The molecule has 1 aliphatic rings. The first-order valence-corrected chi connectivity index (χ1v) is 7.49. The molecule has 0 amide bonds. The summed E-state index contributed by atoms with van der Waals surface area (Å²) in [6.45, 7) is 0.873. The lowest BCUT2D eigenvalue weighted by atomic mass is 10.1. The van der Waals surface area contributed by atoms with Gasteiger partial charge in [-0.25, -0.2) is 4.98 Å². The minimum Gasteiger partial charge on any atom is -0.467 e. The molecule has 3 rings (SSSR count). The molecule has 8 heteroatoms. The maximum atomic E-state index is 5.15. The van der Waals surface area contributed by atoms with Crippen LogP contribution in [-0.2, 0) is 0 Å². The van der Waals surface area contributed by atoms with E-state index >= 15 is 0 Å². The van der Waals surface area contributed by atoms with E-state index in [1.165, 1.54) is 19.8 Å². The summed E-state index contributed by atoms with van der Waals surface area (Å²) in [4.78, 5) is 19.2. The average Bonchev–Trinajstić information content (AvgIpc) is 3.11. The largest absolute Gasteiger partial charge is 0.467 e. The zero-order valence-electron chi connectivity index (χ0n) is 13.5. The number of hydrogen-bond acceptors (Lipinski definition) is 8. The molecule has 0 aromatic carbocycles. The molecule has 0 radical (unpaired) electrons. The number of nitrogens with one attached hydrogen (secondary N) is 1. The third kappa shape index (κ3) is 3.10. The summed E-state index contributed by atoms with van der Waals surface area (Å²) in [5, 5.41) is 3.07. The van der Waals surface area contributed by atoms with Crippen molar-refractivity contribution in [3.05, 3.63) is 23.9 Å². The van der Waals surface area contributed by atoms with Gasteiger partial charge in [-0.15, -0.1) is 4.98 Å². The Kier molecular flexibility index (Phi) is 4.40. The molecule has 1 N–H and O–H groups in total. The van der Waals surface area contributed by atoms with Gasteiger partial charge >= 0.3 is 12.0 Å². The summed E-state index contributed by atoms with van der Waals surface area (Å²) in [6.07, 6.45) is 3.91. The Bertz CT molecular complexity index is 659. The van der Waals surface area contributed by atoms with Gasteiger partial charge in [-0.05, 0) is 30.5 Å². The summed E-state index contributed by atoms with van der Waals surface area (Å²) in [5.41, 5.74) is 1.18. The highest BCUT2D eigenvalue weighted by molar-refractivity contribution is 5.44. The van der Waals surface area contributed by atoms with Crippen molar-refractivity contribution >= 4 is 11.8 Å². The highest BCUT2D eigenvalue weighted by Crippen LogP contribution is 2.35. The minimum absolute atomic E-state index is 0.196. The highest BCUT2D eigenvalue weighted by atomic mass is 16.5. The summed E-state index contributed by atoms with van der Waals surface area (Å²) in [6, 6.07) is 4.78. The fourth-order valence-electron chi connectivity index (χ4n) is 2.78. The van der Waals surface area contributed by atoms with Gasteiger partial charge in [0.25, 0.3) is 0 Å². The average molecular weight is 316 g/mol. The van der Waals surface area contributed by atoms with E-state index in [-0.39, 0.29) is 18.1 Å². The van der Waals surface area contributed by atoms with Gasteiger partial charge < -0.3 is 19.7 Å². The lowest BCUT2D eigenvalue weighted by Crippen LogP contribution is -2.25. The first-order valence-electron chi connectivity index (χ1n) is 7.49. The topological polar surface area (TPSA) is 85.3 Å². The third-order valence-electron chi connectivity index (χ3n) is 3.88. The Labute approximate surface area is 134 Å². The van der Waals surface area contributed by atoms with E-state index in [0.29, 0.717) is 5.95 Å². The number of aromatic nitrogens is 4. The SMILES string of the molecule is CNc1cc([C@H]2CCCN2c2nc(OC)nc(OC)n2)ccn1. The maximum absolute atomic E-state index is 5.15. The molecular formula is C15H20N6O2. The van der Waals surface area contributed by atoms with Crippen LogP contribution in [0, 0.1) is 0 Å². The molecule has 0 aliphatic carbocycles. The molecule has 23 heavy (non-hydrogen) atoms. The summed E-state index contributed by atoms with van der Waals surface area (Å²) in [7, 11) is 4.92. The molecule has 1 aliphatic heterocycles. The second-order valence-electron chi connectivity index (χ2n) is 5.18. The Hall–Kier alpha value is -2.64. The van der Waals surface area contributed by atoms with Crippen LogP contribution in [0.3, 0.4) is 0 Å². The van der Waals surface area contributed by atoms with Gasteiger partial charge in [-0.3, -0.25) is 0 Å². The summed E-state index contributed by atoms with van der Waals surface area (Å²) in [5.74, 6) is 1.42. The molecule has 3 heterocycles. The van der Waals surface area contributed by atoms with E-state index in [0.717, 1.165) is 25.2 Å². The van der Waals surface area contributed by atoms with E-state index in [2.05, 4.69) is 36.2 Å². The van der Waals surface area contributed by atoms with Gasteiger partial charge in [0.1, 0.15) is 5.82 Å². The first-order chi connectivity index (χ1) is 11.2. The van der Waals surface area contributed by atoms with E-state index < -0.39 is 0 Å². The van der Waals surface area contributed by atoms with Crippen molar-refractivity contribution in [2.45, 2.75) is 18.9 Å². The van der Waals surface area contributed by atoms with Gasteiger partial charge in [0.2, 0.25) is 5.95 Å². The number of pyridine rings is 1. The van der Waals surface area contributed by atoms with Crippen LogP contribution in [0.15, 0.2) is 18.3 Å². The van der Waals surface area contributed by atoms with Crippen molar-refractivity contribution in [1.82, 2.24) is 19.9 Å². The van der Waals surface area contributed by atoms with Crippen molar-refractivity contribution < 1.29 is 9.47 Å². The van der Waals surface area contributed by atoms with Crippen LogP contribution < -0.4 is 19.7 Å². The Morgan fingerprint density at radius 3 is 2.57 bits per heavy atom. The quantitative estimate of drug-likeness (QED) is 0.891. The summed E-state index contributed by atoms with van der Waals surface area (Å²) < 4.78 is 10.3. The van der Waals surface area contributed by atoms with Crippen LogP contribution in [0.5, 0.6) is 12.0 Å². The van der Waals surface area contributed by atoms with Crippen molar-refractivity contribution in [2.75, 3.05) is 38.0 Å². The van der Waals surface area contributed by atoms with Crippen molar-refractivity contribution in [2.24, 2.45) is 0 Å². The van der Waals surface area contributed by atoms with E-state index in [1.807, 2.05) is 19.3 Å². The predicted molar refractivity (Wildman–Crippen MR) is 86.0 cm³/mol. The summed E-state index contributed by atoms with van der Waals surface area (Å²) >= 11 is 0. The van der Waals surface area contributed by atoms with Crippen molar-refractivity contribution in [1.29, 1.82) is 0 Å². The normalized spacial score (nSPS) is 17.2. The zero-order chi connectivity index (χ0) is 16.2. The van der Waals surface area contributed by atoms with Gasteiger partial charge in [0, 0.05) is 19.8 Å². The number of ether oxygens (including phenoxy) is 2. The first kappa shape index (κ1) is 15.3. The van der Waals surface area contributed by atoms with E-state index in [1.54, 1.807) is 0 Å². The molecule has 1 atom stereocenters. The highest BCUT2D eigenvalue weighted by Gasteiger charge is 2.29. The maximum Gasteiger partial charge on any atom is 0.324 e. The van der Waals surface area contributed by atoms with Crippen molar-refractivity contribution in [3.63, 3.8) is 0 Å². The predicted octanol–water partition coefficient (Wildman–Crippen LogP) is 1.67. The van der Waals surface area contributed by atoms with Gasteiger partial charge in [-0.1, -0.05) is 0 Å². The Morgan fingerprint density at radius 2 is 1.91 bits per heavy atom. The molecule has 0 spiro atoms. The molecule has 2 aromatic rings. The number of anilines is 2. The smallest absolute Gasteiger partial charge is 0.324 e. The fourth-order valence-corrected chi connectivity index (χ4v) is 2.78. The standard InChI is InChI=1S/C15H20N6O2/c1-16-12-9-10(6-7-17-12)11-5-4-8-21(11)13-18-14(22-2)20-15(19-13)23-3/h6-7,9,11H,4-5,8H2,1-3H3,(H,16,17)/t11-/m1/s1. The van der Waals surface area contributed by atoms with E-state index in [9.17, 15) is 0 Å². The van der Waals surface area contributed by atoms with Crippen molar-refractivity contribution in [3.8, 4) is 12.0 Å². The van der Waals surface area contributed by atoms with Crippen LogP contribution in [0.1, 0.15) is 24.4 Å². The van der Waals surface area contributed by atoms with Gasteiger partial charge in [-0.2, -0.15) is 9.97 Å². The third-order valence-corrected chi connectivity index (χ3v) is 3.88. The number of methoxy groups -OCH3 is 2. The number of rotatable bonds is 5. The van der Waals surface area contributed by atoms with Crippen LogP contribution in [0.4, 0.5) is 11.8 Å². The lowest BCUT2D eigenvalue weighted by Gasteiger charge is -2.25. The molecule has 1 saturated heterocycles.